The average Bonchev–Trinajstić information content (AvgIpc) is 3.25. The molecule has 0 radical (unpaired) electrons. The second-order valence-corrected chi connectivity index (χ2v) is 7.96. The number of benzene rings is 1. The Hall–Kier alpha value is -1.98. The number of nitrogens with zero attached hydrogens (tertiary/aromatic N) is 4. The van der Waals surface area contributed by atoms with Crippen molar-refractivity contribution in [1.82, 2.24) is 14.9 Å². The molecule has 2 aliphatic rings. The quantitative estimate of drug-likeness (QED) is 0.852. The van der Waals surface area contributed by atoms with E-state index >= 15 is 0 Å². The van der Waals surface area contributed by atoms with E-state index in [1.165, 1.54) is 24.0 Å². The van der Waals surface area contributed by atoms with Gasteiger partial charge in [-0.2, -0.15) is 0 Å². The fourth-order valence-electron chi connectivity index (χ4n) is 4.29. The van der Waals surface area contributed by atoms with E-state index in [0.717, 1.165) is 57.9 Å². The van der Waals surface area contributed by atoms with Crippen molar-refractivity contribution in [3.8, 4) is 0 Å². The second kappa shape index (κ2) is 8.81. The second-order valence-electron chi connectivity index (χ2n) is 7.96. The summed E-state index contributed by atoms with van der Waals surface area (Å²) in [4.78, 5) is 13.9. The van der Waals surface area contributed by atoms with Gasteiger partial charge in [0.25, 0.3) is 0 Å². The number of aliphatic hydroxyl groups is 1. The Morgan fingerprint density at radius 3 is 2.26 bits per heavy atom. The summed E-state index contributed by atoms with van der Waals surface area (Å²) in [5.41, 5.74) is 2.41. The molecule has 1 aromatic carbocycles. The van der Waals surface area contributed by atoms with Crippen molar-refractivity contribution >= 4 is 5.95 Å². The summed E-state index contributed by atoms with van der Waals surface area (Å²) in [7, 11) is 0. The molecule has 2 fully saturated rings. The lowest BCUT2D eigenvalue weighted by atomic mass is 9.88. The molecule has 4 rings (SSSR count). The number of aromatic nitrogens is 2. The van der Waals surface area contributed by atoms with E-state index in [1.807, 2.05) is 30.6 Å². The first-order chi connectivity index (χ1) is 13.3. The van der Waals surface area contributed by atoms with Crippen molar-refractivity contribution < 1.29 is 5.11 Å². The maximum absolute atomic E-state index is 10.6. The Labute approximate surface area is 162 Å². The molecule has 5 heteroatoms. The van der Waals surface area contributed by atoms with Crippen LogP contribution >= 0.6 is 0 Å². The number of aliphatic hydroxyl groups excluding tert-OH is 1. The fourth-order valence-corrected chi connectivity index (χ4v) is 4.29. The summed E-state index contributed by atoms with van der Waals surface area (Å²) in [6.45, 7) is 5.13. The van der Waals surface area contributed by atoms with Crippen molar-refractivity contribution in [2.45, 2.75) is 44.8 Å². The number of hydrogen-bond acceptors (Lipinski definition) is 5. The predicted octanol–water partition coefficient (Wildman–Crippen LogP) is 2.89. The maximum Gasteiger partial charge on any atom is 0.225 e. The molecule has 1 aromatic heterocycles. The van der Waals surface area contributed by atoms with Crippen LogP contribution in [0.2, 0.25) is 0 Å². The molecule has 1 N–H and O–H groups in total. The lowest BCUT2D eigenvalue weighted by Gasteiger charge is -2.34. The Morgan fingerprint density at radius 1 is 0.926 bits per heavy atom. The minimum absolute atomic E-state index is 0.238. The van der Waals surface area contributed by atoms with Crippen LogP contribution in [0.1, 0.15) is 36.8 Å². The lowest BCUT2D eigenvalue weighted by Crippen LogP contribution is -2.38. The number of anilines is 1. The molecule has 1 unspecified atom stereocenters. The van der Waals surface area contributed by atoms with Crippen LogP contribution in [0.25, 0.3) is 0 Å². The van der Waals surface area contributed by atoms with Gasteiger partial charge in [0.05, 0.1) is 6.10 Å². The van der Waals surface area contributed by atoms with E-state index in [2.05, 4.69) is 31.9 Å². The van der Waals surface area contributed by atoms with Gasteiger partial charge in [-0.1, -0.05) is 30.3 Å². The standard InChI is InChI=1S/C22H30N4O/c27-21(14-18-6-2-1-3-7-18)20-8-12-25(13-9-20)17-19-15-23-22(24-16-19)26-10-4-5-11-26/h1-3,6-7,15-16,20-21,27H,4-5,8-14,17H2. The summed E-state index contributed by atoms with van der Waals surface area (Å²) in [6.07, 6.45) is 9.09. The van der Waals surface area contributed by atoms with Gasteiger partial charge in [0, 0.05) is 37.6 Å². The summed E-state index contributed by atoms with van der Waals surface area (Å²) in [5, 5.41) is 10.6. The van der Waals surface area contributed by atoms with Gasteiger partial charge < -0.3 is 10.0 Å². The molecule has 1 atom stereocenters. The minimum atomic E-state index is -0.238. The Balaban J connectivity index is 1.24. The molecule has 0 bridgehead atoms. The van der Waals surface area contributed by atoms with E-state index in [4.69, 9.17) is 0 Å². The number of rotatable bonds is 6. The molecule has 27 heavy (non-hydrogen) atoms. The van der Waals surface area contributed by atoms with E-state index in [-0.39, 0.29) is 6.10 Å². The summed E-state index contributed by atoms with van der Waals surface area (Å²) in [6, 6.07) is 10.3. The number of hydrogen-bond donors (Lipinski definition) is 1. The topological polar surface area (TPSA) is 52.5 Å². The first-order valence-electron chi connectivity index (χ1n) is 10.3. The molecule has 0 amide bonds. The van der Waals surface area contributed by atoms with Crippen molar-refractivity contribution in [3.05, 3.63) is 53.9 Å². The van der Waals surface area contributed by atoms with Crippen LogP contribution in [0, 0.1) is 5.92 Å². The van der Waals surface area contributed by atoms with Crippen LogP contribution < -0.4 is 4.90 Å². The molecule has 2 aliphatic heterocycles. The van der Waals surface area contributed by atoms with Crippen molar-refractivity contribution in [1.29, 1.82) is 0 Å². The molecule has 0 spiro atoms. The molecule has 2 aromatic rings. The summed E-state index contributed by atoms with van der Waals surface area (Å²) < 4.78 is 0. The molecular weight excluding hydrogens is 336 g/mol. The first-order valence-corrected chi connectivity index (χ1v) is 10.3. The van der Waals surface area contributed by atoms with E-state index in [9.17, 15) is 5.11 Å². The third kappa shape index (κ3) is 4.85. The summed E-state index contributed by atoms with van der Waals surface area (Å²) >= 11 is 0. The van der Waals surface area contributed by atoms with Gasteiger partial charge in [-0.25, -0.2) is 9.97 Å². The van der Waals surface area contributed by atoms with E-state index in [1.54, 1.807) is 0 Å². The zero-order valence-electron chi connectivity index (χ0n) is 16.0. The Kier molecular flexibility index (Phi) is 6.00. The van der Waals surface area contributed by atoms with Crippen LogP contribution in [0.4, 0.5) is 5.95 Å². The highest BCUT2D eigenvalue weighted by atomic mass is 16.3. The van der Waals surface area contributed by atoms with Gasteiger partial charge in [0.2, 0.25) is 5.95 Å². The highest BCUT2D eigenvalue weighted by Crippen LogP contribution is 2.24. The third-order valence-electron chi connectivity index (χ3n) is 5.95. The zero-order chi connectivity index (χ0) is 18.5. The number of piperidine rings is 1. The van der Waals surface area contributed by atoms with Crippen molar-refractivity contribution in [3.63, 3.8) is 0 Å². The number of likely N-dealkylation sites (tertiary alicyclic amines) is 1. The smallest absolute Gasteiger partial charge is 0.225 e. The highest BCUT2D eigenvalue weighted by Gasteiger charge is 2.25. The predicted molar refractivity (Wildman–Crippen MR) is 108 cm³/mol. The first kappa shape index (κ1) is 18.4. The molecule has 2 saturated heterocycles. The average molecular weight is 367 g/mol. The maximum atomic E-state index is 10.6. The van der Waals surface area contributed by atoms with Crippen molar-refractivity contribution in [2.75, 3.05) is 31.1 Å². The van der Waals surface area contributed by atoms with Crippen LogP contribution in [-0.2, 0) is 13.0 Å². The molecule has 144 valence electrons. The van der Waals surface area contributed by atoms with Gasteiger partial charge in [-0.05, 0) is 56.7 Å². The minimum Gasteiger partial charge on any atom is -0.392 e. The zero-order valence-corrected chi connectivity index (χ0v) is 16.0. The van der Waals surface area contributed by atoms with Gasteiger partial charge in [-0.3, -0.25) is 4.90 Å². The van der Waals surface area contributed by atoms with Crippen molar-refractivity contribution in [2.24, 2.45) is 5.92 Å². The van der Waals surface area contributed by atoms with Crippen LogP contribution in [-0.4, -0.2) is 52.3 Å². The molecular formula is C22H30N4O. The Bertz CT molecular complexity index is 692. The molecule has 5 nitrogen and oxygen atoms in total. The summed E-state index contributed by atoms with van der Waals surface area (Å²) in [5.74, 6) is 1.27. The normalized spacial score (nSPS) is 20.1. The van der Waals surface area contributed by atoms with Gasteiger partial charge >= 0.3 is 0 Å². The fraction of sp³-hybridized carbons (Fsp3) is 0.545. The van der Waals surface area contributed by atoms with Crippen LogP contribution in [0.15, 0.2) is 42.7 Å². The molecule has 0 saturated carbocycles. The lowest BCUT2D eigenvalue weighted by molar-refractivity contribution is 0.0576. The van der Waals surface area contributed by atoms with Gasteiger partial charge in [-0.15, -0.1) is 0 Å². The van der Waals surface area contributed by atoms with Crippen LogP contribution in [0.3, 0.4) is 0 Å². The molecule has 0 aliphatic carbocycles. The largest absolute Gasteiger partial charge is 0.392 e. The van der Waals surface area contributed by atoms with E-state index in [0.29, 0.717) is 5.92 Å². The Morgan fingerprint density at radius 2 is 1.59 bits per heavy atom. The highest BCUT2D eigenvalue weighted by molar-refractivity contribution is 5.31. The monoisotopic (exact) mass is 366 g/mol. The van der Waals surface area contributed by atoms with Crippen LogP contribution in [0.5, 0.6) is 0 Å². The third-order valence-corrected chi connectivity index (χ3v) is 5.95. The van der Waals surface area contributed by atoms with E-state index < -0.39 is 0 Å². The molecule has 3 heterocycles. The van der Waals surface area contributed by atoms with Gasteiger partial charge in [0.1, 0.15) is 0 Å². The van der Waals surface area contributed by atoms with Gasteiger partial charge in [0.15, 0.2) is 0 Å². The SMILES string of the molecule is OC(Cc1ccccc1)C1CCN(Cc2cnc(N3CCCC3)nc2)CC1.